The number of fused-ring (bicyclic) bond motifs is 1. The van der Waals surface area contributed by atoms with E-state index in [1.54, 1.807) is 24.3 Å². The second kappa shape index (κ2) is 9.70. The number of ether oxygens (including phenoxy) is 1. The molecule has 0 aliphatic heterocycles. The highest BCUT2D eigenvalue weighted by Crippen LogP contribution is 2.20. The van der Waals surface area contributed by atoms with E-state index in [1.165, 1.54) is 0 Å². The second-order valence-electron chi connectivity index (χ2n) is 6.75. The lowest BCUT2D eigenvalue weighted by Crippen LogP contribution is -2.12. The van der Waals surface area contributed by atoms with Crippen molar-refractivity contribution in [3.8, 4) is 0 Å². The molecule has 0 fully saturated rings. The predicted molar refractivity (Wildman–Crippen MR) is 113 cm³/mol. The Morgan fingerprint density at radius 3 is 2.39 bits per heavy atom. The van der Waals surface area contributed by atoms with Crippen molar-refractivity contribution < 1.29 is 14.3 Å². The van der Waals surface area contributed by atoms with Gasteiger partial charge in [0.1, 0.15) is 0 Å². The van der Waals surface area contributed by atoms with Crippen LogP contribution in [0.2, 0.25) is 0 Å². The number of carbonyl (C=O) groups is 2. The van der Waals surface area contributed by atoms with E-state index in [2.05, 4.69) is 12.2 Å². The maximum absolute atomic E-state index is 12.7. The Morgan fingerprint density at radius 2 is 1.61 bits per heavy atom. The van der Waals surface area contributed by atoms with Crippen molar-refractivity contribution in [2.75, 3.05) is 11.9 Å². The molecule has 0 aliphatic carbocycles. The van der Waals surface area contributed by atoms with Gasteiger partial charge in [-0.25, -0.2) is 4.79 Å². The molecule has 4 heteroatoms. The lowest BCUT2D eigenvalue weighted by molar-refractivity contribution is 0.0498. The van der Waals surface area contributed by atoms with Crippen molar-refractivity contribution in [3.05, 3.63) is 77.9 Å². The first-order valence-electron chi connectivity index (χ1n) is 9.75. The summed E-state index contributed by atoms with van der Waals surface area (Å²) >= 11 is 0. The van der Waals surface area contributed by atoms with Gasteiger partial charge in [-0.3, -0.25) is 4.79 Å². The summed E-state index contributed by atoms with van der Waals surface area (Å²) in [7, 11) is 0. The summed E-state index contributed by atoms with van der Waals surface area (Å²) in [6.45, 7) is 2.59. The lowest BCUT2D eigenvalue weighted by atomic mass is 10.0. The Labute approximate surface area is 165 Å². The number of amides is 1. The number of rotatable bonds is 8. The van der Waals surface area contributed by atoms with Crippen molar-refractivity contribution >= 4 is 28.3 Å². The summed E-state index contributed by atoms with van der Waals surface area (Å²) in [5, 5.41) is 4.82. The van der Waals surface area contributed by atoms with Crippen molar-refractivity contribution in [2.45, 2.75) is 32.6 Å². The van der Waals surface area contributed by atoms with Gasteiger partial charge in [-0.1, -0.05) is 62.6 Å². The van der Waals surface area contributed by atoms with Crippen molar-refractivity contribution in [1.82, 2.24) is 0 Å². The van der Waals surface area contributed by atoms with Crippen molar-refractivity contribution in [1.29, 1.82) is 0 Å². The molecule has 0 aliphatic rings. The Balaban J connectivity index is 1.61. The number of esters is 1. The molecule has 0 atom stereocenters. The molecule has 0 saturated carbocycles. The largest absolute Gasteiger partial charge is 0.462 e. The summed E-state index contributed by atoms with van der Waals surface area (Å²) in [6.07, 6.45) is 4.27. The quantitative estimate of drug-likeness (QED) is 0.398. The summed E-state index contributed by atoms with van der Waals surface area (Å²) in [4.78, 5) is 24.7. The minimum Gasteiger partial charge on any atom is -0.462 e. The van der Waals surface area contributed by atoms with Crippen LogP contribution in [0.1, 0.15) is 53.3 Å². The molecule has 0 radical (unpaired) electrons. The lowest BCUT2D eigenvalue weighted by Gasteiger charge is -2.09. The van der Waals surface area contributed by atoms with Crippen LogP contribution in [0.25, 0.3) is 10.8 Å². The first kappa shape index (κ1) is 19.6. The summed E-state index contributed by atoms with van der Waals surface area (Å²) in [6, 6.07) is 20.2. The normalized spacial score (nSPS) is 10.6. The standard InChI is InChI=1S/C24H25NO3/c1-2-3-4-7-17-28-24(27)19-13-15-20(16-14-19)25-23(26)22-12-8-10-18-9-5-6-11-21(18)22/h5-6,8-16H,2-4,7,17H2,1H3,(H,25,26). The van der Waals surface area contributed by atoms with Crippen LogP contribution in [0.15, 0.2) is 66.7 Å². The maximum atomic E-state index is 12.7. The number of unbranched alkanes of at least 4 members (excludes halogenated alkanes) is 3. The van der Waals surface area contributed by atoms with Gasteiger partial charge in [0.15, 0.2) is 0 Å². The Morgan fingerprint density at radius 1 is 0.857 bits per heavy atom. The first-order chi connectivity index (χ1) is 13.7. The van der Waals surface area contributed by atoms with Gasteiger partial charge in [-0.15, -0.1) is 0 Å². The maximum Gasteiger partial charge on any atom is 0.338 e. The third-order valence-corrected chi connectivity index (χ3v) is 4.64. The van der Waals surface area contributed by atoms with Gasteiger partial charge in [-0.2, -0.15) is 0 Å². The van der Waals surface area contributed by atoms with Crippen LogP contribution in [-0.2, 0) is 4.74 Å². The van der Waals surface area contributed by atoms with Crippen LogP contribution in [-0.4, -0.2) is 18.5 Å². The monoisotopic (exact) mass is 375 g/mol. The highest BCUT2D eigenvalue weighted by molar-refractivity contribution is 6.13. The molecule has 0 bridgehead atoms. The van der Waals surface area contributed by atoms with E-state index in [1.807, 2.05) is 42.5 Å². The van der Waals surface area contributed by atoms with Crippen LogP contribution < -0.4 is 5.32 Å². The van der Waals surface area contributed by atoms with Gasteiger partial charge in [0.05, 0.1) is 12.2 Å². The van der Waals surface area contributed by atoms with E-state index in [-0.39, 0.29) is 11.9 Å². The molecule has 3 aromatic rings. The van der Waals surface area contributed by atoms with Crippen LogP contribution in [0.4, 0.5) is 5.69 Å². The van der Waals surface area contributed by atoms with Gasteiger partial charge >= 0.3 is 5.97 Å². The first-order valence-corrected chi connectivity index (χ1v) is 9.75. The van der Waals surface area contributed by atoms with Gasteiger partial charge in [0, 0.05) is 11.3 Å². The number of hydrogen-bond donors (Lipinski definition) is 1. The van der Waals surface area contributed by atoms with E-state index in [4.69, 9.17) is 4.74 Å². The van der Waals surface area contributed by atoms with Gasteiger partial charge in [-0.05, 0) is 47.5 Å². The third-order valence-electron chi connectivity index (χ3n) is 4.64. The number of carbonyl (C=O) groups excluding carboxylic acids is 2. The Bertz CT molecular complexity index is 942. The molecule has 0 aromatic heterocycles. The fraction of sp³-hybridized carbons (Fsp3) is 0.250. The molecule has 144 valence electrons. The summed E-state index contributed by atoms with van der Waals surface area (Å²) < 4.78 is 5.29. The van der Waals surface area contributed by atoms with E-state index in [9.17, 15) is 9.59 Å². The van der Waals surface area contributed by atoms with Crippen LogP contribution >= 0.6 is 0 Å². The molecular weight excluding hydrogens is 350 g/mol. The smallest absolute Gasteiger partial charge is 0.338 e. The van der Waals surface area contributed by atoms with Crippen molar-refractivity contribution in [2.24, 2.45) is 0 Å². The van der Waals surface area contributed by atoms with Crippen LogP contribution in [0, 0.1) is 0 Å². The highest BCUT2D eigenvalue weighted by Gasteiger charge is 2.11. The average Bonchev–Trinajstić information content (AvgIpc) is 2.73. The molecule has 28 heavy (non-hydrogen) atoms. The molecule has 3 aromatic carbocycles. The second-order valence-corrected chi connectivity index (χ2v) is 6.75. The van der Waals surface area contributed by atoms with Crippen LogP contribution in [0.3, 0.4) is 0 Å². The van der Waals surface area contributed by atoms with E-state index in [0.29, 0.717) is 23.4 Å². The molecule has 0 spiro atoms. The molecule has 1 N–H and O–H groups in total. The molecule has 0 unspecified atom stereocenters. The minimum absolute atomic E-state index is 0.178. The van der Waals surface area contributed by atoms with Crippen LogP contribution in [0.5, 0.6) is 0 Å². The fourth-order valence-corrected chi connectivity index (χ4v) is 3.09. The Hall–Kier alpha value is -3.14. The summed E-state index contributed by atoms with van der Waals surface area (Å²) in [5.74, 6) is -0.508. The van der Waals surface area contributed by atoms with E-state index in [0.717, 1.165) is 36.5 Å². The highest BCUT2D eigenvalue weighted by atomic mass is 16.5. The molecule has 0 saturated heterocycles. The Kier molecular flexibility index (Phi) is 6.79. The number of hydrogen-bond acceptors (Lipinski definition) is 3. The van der Waals surface area contributed by atoms with E-state index >= 15 is 0 Å². The zero-order valence-electron chi connectivity index (χ0n) is 16.1. The fourth-order valence-electron chi connectivity index (χ4n) is 3.09. The zero-order chi connectivity index (χ0) is 19.8. The predicted octanol–water partition coefficient (Wildman–Crippen LogP) is 5.83. The zero-order valence-corrected chi connectivity index (χ0v) is 16.1. The minimum atomic E-state index is -0.330. The van der Waals surface area contributed by atoms with Crippen molar-refractivity contribution in [3.63, 3.8) is 0 Å². The topological polar surface area (TPSA) is 55.4 Å². The molecule has 3 rings (SSSR count). The molecule has 1 amide bonds. The summed E-state index contributed by atoms with van der Waals surface area (Å²) in [5.41, 5.74) is 1.74. The third kappa shape index (κ3) is 4.97. The number of anilines is 1. The molecule has 4 nitrogen and oxygen atoms in total. The molecular formula is C24H25NO3. The van der Waals surface area contributed by atoms with Gasteiger partial charge in [0.25, 0.3) is 5.91 Å². The van der Waals surface area contributed by atoms with Gasteiger partial charge < -0.3 is 10.1 Å². The number of nitrogens with one attached hydrogen (secondary N) is 1. The molecule has 0 heterocycles. The van der Waals surface area contributed by atoms with E-state index < -0.39 is 0 Å². The average molecular weight is 375 g/mol. The SMILES string of the molecule is CCCCCCOC(=O)c1ccc(NC(=O)c2cccc3ccccc23)cc1. The number of benzene rings is 3. The van der Waals surface area contributed by atoms with Gasteiger partial charge in [0.2, 0.25) is 0 Å².